The average molecular weight is 276 g/mol. The summed E-state index contributed by atoms with van der Waals surface area (Å²) in [6.07, 6.45) is 6.19. The Kier molecular flexibility index (Phi) is 4.09. The molecule has 1 aliphatic rings. The Balaban J connectivity index is 2.31. The van der Waals surface area contributed by atoms with Gasteiger partial charge in [0.05, 0.1) is 12.6 Å². The first-order chi connectivity index (χ1) is 9.49. The van der Waals surface area contributed by atoms with Gasteiger partial charge < -0.3 is 15.2 Å². The minimum Gasteiger partial charge on any atom is -0.451 e. The van der Waals surface area contributed by atoms with E-state index in [0.717, 1.165) is 5.56 Å². The molecular weight excluding hydrogens is 256 g/mol. The van der Waals surface area contributed by atoms with Crippen molar-refractivity contribution in [2.24, 2.45) is 0 Å². The van der Waals surface area contributed by atoms with Crippen LogP contribution in [0.15, 0.2) is 24.4 Å². The van der Waals surface area contributed by atoms with E-state index in [9.17, 15) is 9.90 Å². The molecule has 1 atom stereocenters. The van der Waals surface area contributed by atoms with Crippen LogP contribution in [-0.2, 0) is 10.3 Å². The summed E-state index contributed by atoms with van der Waals surface area (Å²) < 4.78 is 5.36. The molecule has 0 aromatic carbocycles. The van der Waals surface area contributed by atoms with Crippen molar-refractivity contribution in [1.82, 2.24) is 4.98 Å². The van der Waals surface area contributed by atoms with E-state index >= 15 is 0 Å². The number of hydrogen-bond donors (Lipinski definition) is 2. The van der Waals surface area contributed by atoms with Crippen LogP contribution < -0.4 is 5.32 Å². The summed E-state index contributed by atoms with van der Waals surface area (Å²) in [5.41, 5.74) is 0.656. The van der Waals surface area contributed by atoms with E-state index in [1.165, 1.54) is 0 Å². The van der Waals surface area contributed by atoms with Crippen LogP contribution in [0.1, 0.15) is 43.1 Å². The molecule has 20 heavy (non-hydrogen) atoms. The van der Waals surface area contributed by atoms with E-state index in [4.69, 9.17) is 4.74 Å². The van der Waals surface area contributed by atoms with Crippen molar-refractivity contribution < 1.29 is 14.6 Å². The van der Waals surface area contributed by atoms with Crippen LogP contribution in [0, 0.1) is 0 Å². The lowest BCUT2D eigenvalue weighted by atomic mass is 9.97. The monoisotopic (exact) mass is 276 g/mol. The molecule has 0 fully saturated rings. The molecule has 0 bridgehead atoms. The van der Waals surface area contributed by atoms with Crippen molar-refractivity contribution in [3.63, 3.8) is 0 Å². The second-order valence-electron chi connectivity index (χ2n) is 5.31. The van der Waals surface area contributed by atoms with E-state index < -0.39 is 5.60 Å². The number of rotatable bonds is 5. The molecule has 1 aliphatic heterocycles. The molecule has 1 aromatic rings. The van der Waals surface area contributed by atoms with E-state index in [-0.39, 0.29) is 18.6 Å². The predicted molar refractivity (Wildman–Crippen MR) is 76.6 cm³/mol. The van der Waals surface area contributed by atoms with Crippen LogP contribution in [0.3, 0.4) is 0 Å². The number of hydrogen-bond acceptors (Lipinski definition) is 5. The van der Waals surface area contributed by atoms with Gasteiger partial charge in [-0.25, -0.2) is 9.78 Å². The van der Waals surface area contributed by atoms with Gasteiger partial charge in [-0.15, -0.1) is 0 Å². The molecule has 2 heterocycles. The number of aromatic nitrogens is 1. The smallest absolute Gasteiger partial charge is 0.343 e. The largest absolute Gasteiger partial charge is 0.451 e. The molecular formula is C15H20N2O3. The number of nitrogens with zero attached hydrogens (tertiary/aromatic N) is 1. The number of pyridine rings is 1. The highest BCUT2D eigenvalue weighted by molar-refractivity contribution is 5.99. The first-order valence-corrected chi connectivity index (χ1v) is 6.71. The Labute approximate surface area is 118 Å². The highest BCUT2D eigenvalue weighted by Crippen LogP contribution is 2.38. The molecule has 108 valence electrons. The summed E-state index contributed by atoms with van der Waals surface area (Å²) in [5.74, 6) is 0.102. The number of fused-ring (bicyclic) bond motifs is 1. The van der Waals surface area contributed by atoms with Crippen molar-refractivity contribution in [1.29, 1.82) is 0 Å². The summed E-state index contributed by atoms with van der Waals surface area (Å²) in [6.45, 7) is 5.59. The number of carbonyl (C=O) groups excluding carboxylic acids is 1. The van der Waals surface area contributed by atoms with Crippen LogP contribution in [0.4, 0.5) is 5.82 Å². The summed E-state index contributed by atoms with van der Waals surface area (Å²) in [6, 6.07) is 1.62. The lowest BCUT2D eigenvalue weighted by molar-refractivity contribution is 0.00957. The zero-order valence-electron chi connectivity index (χ0n) is 12.0. The lowest BCUT2D eigenvalue weighted by Gasteiger charge is -2.18. The van der Waals surface area contributed by atoms with Crippen molar-refractivity contribution in [2.45, 2.75) is 38.8 Å². The average Bonchev–Trinajstić information content (AvgIpc) is 2.65. The zero-order chi connectivity index (χ0) is 14.8. The quantitative estimate of drug-likeness (QED) is 0.637. The van der Waals surface area contributed by atoms with Gasteiger partial charge in [0.2, 0.25) is 0 Å². The summed E-state index contributed by atoms with van der Waals surface area (Å²) in [5, 5.41) is 12.5. The second-order valence-corrected chi connectivity index (χ2v) is 5.31. The number of carbonyl (C=O) groups is 1. The Morgan fingerprint density at radius 2 is 2.30 bits per heavy atom. The molecule has 5 nitrogen and oxygen atoms in total. The van der Waals surface area contributed by atoms with Crippen LogP contribution in [0.25, 0.3) is 0 Å². The Bertz CT molecular complexity index is 538. The molecule has 0 saturated heterocycles. The summed E-state index contributed by atoms with van der Waals surface area (Å²) in [4.78, 5) is 16.2. The number of esters is 1. The molecule has 1 aromatic heterocycles. The number of nitrogens with one attached hydrogen (secondary N) is 1. The summed E-state index contributed by atoms with van der Waals surface area (Å²) in [7, 11) is 0. The third kappa shape index (κ3) is 2.67. The van der Waals surface area contributed by atoms with E-state index in [1.54, 1.807) is 12.3 Å². The van der Waals surface area contributed by atoms with Gasteiger partial charge >= 0.3 is 5.97 Å². The van der Waals surface area contributed by atoms with Crippen molar-refractivity contribution in [2.75, 3.05) is 11.9 Å². The van der Waals surface area contributed by atoms with Crippen molar-refractivity contribution >= 4 is 11.8 Å². The number of cyclic esters (lactones) is 1. The van der Waals surface area contributed by atoms with Gasteiger partial charge in [0.1, 0.15) is 17.0 Å². The Morgan fingerprint density at radius 3 is 2.95 bits per heavy atom. The highest BCUT2D eigenvalue weighted by atomic mass is 16.6. The highest BCUT2D eigenvalue weighted by Gasteiger charge is 2.40. The van der Waals surface area contributed by atoms with Gasteiger partial charge in [0.15, 0.2) is 0 Å². The SMILES string of the molecule is C/C=C/CC(CO)Nc1nccc2c1C(=O)OC2(C)C. The molecule has 2 N–H and O–H groups in total. The first-order valence-electron chi connectivity index (χ1n) is 6.71. The maximum Gasteiger partial charge on any atom is 0.343 e. The topological polar surface area (TPSA) is 71.5 Å². The lowest BCUT2D eigenvalue weighted by Crippen LogP contribution is -2.25. The van der Waals surface area contributed by atoms with Gasteiger partial charge in [0, 0.05) is 11.8 Å². The predicted octanol–water partition coefficient (Wildman–Crippen LogP) is 2.23. The van der Waals surface area contributed by atoms with Crippen LogP contribution in [0.2, 0.25) is 0 Å². The summed E-state index contributed by atoms with van der Waals surface area (Å²) >= 11 is 0. The van der Waals surface area contributed by atoms with Crippen molar-refractivity contribution in [3.8, 4) is 0 Å². The molecule has 0 radical (unpaired) electrons. The standard InChI is InChI=1S/C15H20N2O3/c1-4-5-6-10(9-18)17-13-12-11(7-8-16-13)15(2,3)20-14(12)19/h4-5,7-8,10,18H,6,9H2,1-3H3,(H,16,17)/b5-4+. The number of ether oxygens (including phenoxy) is 1. The van der Waals surface area contributed by atoms with Gasteiger partial charge in [0.25, 0.3) is 0 Å². The van der Waals surface area contributed by atoms with Crippen LogP contribution in [-0.4, -0.2) is 28.7 Å². The van der Waals surface area contributed by atoms with Crippen LogP contribution >= 0.6 is 0 Å². The molecule has 0 saturated carbocycles. The fourth-order valence-corrected chi connectivity index (χ4v) is 2.29. The molecule has 5 heteroatoms. The van der Waals surface area contributed by atoms with Crippen molar-refractivity contribution in [3.05, 3.63) is 35.5 Å². The minimum atomic E-state index is -0.635. The molecule has 0 spiro atoms. The normalized spacial score (nSPS) is 17.9. The number of allylic oxidation sites excluding steroid dienone is 1. The molecule has 0 amide bonds. The van der Waals surface area contributed by atoms with Crippen LogP contribution in [0.5, 0.6) is 0 Å². The first kappa shape index (κ1) is 14.5. The Morgan fingerprint density at radius 1 is 1.55 bits per heavy atom. The maximum absolute atomic E-state index is 12.0. The third-order valence-corrected chi connectivity index (χ3v) is 3.37. The van der Waals surface area contributed by atoms with Gasteiger partial charge in [-0.3, -0.25) is 0 Å². The molecule has 2 rings (SSSR count). The number of aliphatic hydroxyl groups is 1. The van der Waals surface area contributed by atoms with Gasteiger partial charge in [-0.1, -0.05) is 12.2 Å². The molecule has 0 aliphatic carbocycles. The van der Waals surface area contributed by atoms with E-state index in [1.807, 2.05) is 32.9 Å². The Hall–Kier alpha value is -1.88. The van der Waals surface area contributed by atoms with Gasteiger partial charge in [-0.2, -0.15) is 0 Å². The van der Waals surface area contributed by atoms with E-state index in [2.05, 4.69) is 10.3 Å². The number of anilines is 1. The minimum absolute atomic E-state index is 0.0336. The van der Waals surface area contributed by atoms with Gasteiger partial charge in [-0.05, 0) is 33.3 Å². The molecule has 1 unspecified atom stereocenters. The fraction of sp³-hybridized carbons (Fsp3) is 0.467. The third-order valence-electron chi connectivity index (χ3n) is 3.37. The maximum atomic E-state index is 12.0. The fourth-order valence-electron chi connectivity index (χ4n) is 2.29. The zero-order valence-corrected chi connectivity index (χ0v) is 12.0. The van der Waals surface area contributed by atoms with E-state index in [0.29, 0.717) is 17.8 Å². The second kappa shape index (κ2) is 5.63. The number of aliphatic hydroxyl groups excluding tert-OH is 1.